The number of rotatable bonds is 5. The van der Waals surface area contributed by atoms with Crippen LogP contribution in [0, 0.1) is 6.92 Å². The maximum absolute atomic E-state index is 4.47. The number of nitrogens with zero attached hydrogens (tertiary/aromatic N) is 4. The SMILES string of the molecule is Cc1ccc(-n2c(SCc3cccnc3)nnc2-c2ccccc2)cc1. The third kappa shape index (κ3) is 3.53. The Morgan fingerprint density at radius 2 is 1.69 bits per heavy atom. The molecule has 0 saturated heterocycles. The van der Waals surface area contributed by atoms with Crippen LogP contribution in [0.1, 0.15) is 11.1 Å². The first-order valence-electron chi connectivity index (χ1n) is 8.41. The number of aryl methyl sites for hydroxylation is 1. The molecule has 0 bridgehead atoms. The van der Waals surface area contributed by atoms with Crippen LogP contribution in [-0.2, 0) is 5.75 Å². The third-order valence-corrected chi connectivity index (χ3v) is 5.05. The van der Waals surface area contributed by atoms with E-state index in [-0.39, 0.29) is 0 Å². The Balaban J connectivity index is 1.74. The summed E-state index contributed by atoms with van der Waals surface area (Å²) in [6.07, 6.45) is 3.67. The predicted molar refractivity (Wildman–Crippen MR) is 105 cm³/mol. The lowest BCUT2D eigenvalue weighted by molar-refractivity contribution is 0.885. The van der Waals surface area contributed by atoms with Gasteiger partial charge in [0, 0.05) is 29.4 Å². The highest BCUT2D eigenvalue weighted by Gasteiger charge is 2.16. The van der Waals surface area contributed by atoms with Crippen molar-refractivity contribution in [2.75, 3.05) is 0 Å². The van der Waals surface area contributed by atoms with E-state index in [9.17, 15) is 0 Å². The summed E-state index contributed by atoms with van der Waals surface area (Å²) < 4.78 is 2.12. The van der Waals surface area contributed by atoms with Crippen LogP contribution in [0.3, 0.4) is 0 Å². The monoisotopic (exact) mass is 358 g/mol. The number of hydrogen-bond donors (Lipinski definition) is 0. The molecular weight excluding hydrogens is 340 g/mol. The van der Waals surface area contributed by atoms with E-state index in [1.54, 1.807) is 18.0 Å². The molecule has 128 valence electrons. The van der Waals surface area contributed by atoms with E-state index in [0.717, 1.165) is 33.5 Å². The van der Waals surface area contributed by atoms with E-state index in [4.69, 9.17) is 0 Å². The van der Waals surface area contributed by atoms with Gasteiger partial charge in [0.25, 0.3) is 0 Å². The van der Waals surface area contributed by atoms with Gasteiger partial charge in [0.1, 0.15) is 0 Å². The van der Waals surface area contributed by atoms with Crippen LogP contribution >= 0.6 is 11.8 Å². The molecule has 0 aliphatic heterocycles. The molecule has 0 radical (unpaired) electrons. The molecule has 0 saturated carbocycles. The molecule has 26 heavy (non-hydrogen) atoms. The second-order valence-corrected chi connectivity index (χ2v) is 6.94. The summed E-state index contributed by atoms with van der Waals surface area (Å²) in [6.45, 7) is 2.09. The maximum atomic E-state index is 4.47. The normalized spacial score (nSPS) is 10.8. The van der Waals surface area contributed by atoms with Crippen LogP contribution < -0.4 is 0 Å². The third-order valence-electron chi connectivity index (χ3n) is 4.05. The van der Waals surface area contributed by atoms with Crippen molar-refractivity contribution in [2.45, 2.75) is 17.8 Å². The highest BCUT2D eigenvalue weighted by Crippen LogP contribution is 2.29. The largest absolute Gasteiger partial charge is 0.270 e. The number of benzene rings is 2. The van der Waals surface area contributed by atoms with Gasteiger partial charge in [0.05, 0.1) is 0 Å². The van der Waals surface area contributed by atoms with Crippen LogP contribution in [0.4, 0.5) is 0 Å². The quantitative estimate of drug-likeness (QED) is 0.475. The molecule has 4 aromatic rings. The van der Waals surface area contributed by atoms with E-state index >= 15 is 0 Å². The minimum absolute atomic E-state index is 0.798. The number of thioether (sulfide) groups is 1. The molecule has 2 aromatic carbocycles. The van der Waals surface area contributed by atoms with Crippen molar-refractivity contribution in [2.24, 2.45) is 0 Å². The molecule has 0 aliphatic rings. The van der Waals surface area contributed by atoms with Crippen molar-refractivity contribution in [3.63, 3.8) is 0 Å². The fourth-order valence-corrected chi connectivity index (χ4v) is 3.58. The summed E-state index contributed by atoms with van der Waals surface area (Å²) in [7, 11) is 0. The summed E-state index contributed by atoms with van der Waals surface area (Å²) in [5.41, 5.74) is 4.51. The number of aromatic nitrogens is 4. The van der Waals surface area contributed by atoms with Gasteiger partial charge in [-0.25, -0.2) is 0 Å². The standard InChI is InChI=1S/C21H18N4S/c1-16-9-11-19(12-10-16)25-20(18-7-3-2-4-8-18)23-24-21(25)26-15-17-6-5-13-22-14-17/h2-14H,15H2,1H3. The fraction of sp³-hybridized carbons (Fsp3) is 0.0952. The van der Waals surface area contributed by atoms with Crippen LogP contribution in [-0.4, -0.2) is 19.7 Å². The Morgan fingerprint density at radius 1 is 0.885 bits per heavy atom. The van der Waals surface area contributed by atoms with Gasteiger partial charge in [0.15, 0.2) is 11.0 Å². The lowest BCUT2D eigenvalue weighted by Crippen LogP contribution is -2.00. The van der Waals surface area contributed by atoms with Crippen molar-refractivity contribution in [3.05, 3.63) is 90.3 Å². The van der Waals surface area contributed by atoms with Gasteiger partial charge < -0.3 is 0 Å². The minimum Gasteiger partial charge on any atom is -0.270 e. The van der Waals surface area contributed by atoms with Crippen molar-refractivity contribution in [1.82, 2.24) is 19.7 Å². The first-order valence-corrected chi connectivity index (χ1v) is 9.39. The lowest BCUT2D eigenvalue weighted by Gasteiger charge is -2.10. The first-order chi connectivity index (χ1) is 12.8. The molecule has 2 heterocycles. The zero-order valence-electron chi connectivity index (χ0n) is 14.4. The molecular formula is C21H18N4S. The van der Waals surface area contributed by atoms with Gasteiger partial charge in [0.2, 0.25) is 0 Å². The van der Waals surface area contributed by atoms with E-state index in [1.807, 2.05) is 30.5 Å². The Hall–Kier alpha value is -2.92. The fourth-order valence-electron chi connectivity index (χ4n) is 2.70. The first kappa shape index (κ1) is 16.5. The van der Waals surface area contributed by atoms with Crippen molar-refractivity contribution < 1.29 is 0 Å². The lowest BCUT2D eigenvalue weighted by atomic mass is 10.2. The van der Waals surface area contributed by atoms with E-state index in [0.29, 0.717) is 0 Å². The Kier molecular flexibility index (Phi) is 4.80. The molecule has 0 unspecified atom stereocenters. The molecule has 0 fully saturated rings. The van der Waals surface area contributed by atoms with Crippen molar-refractivity contribution in [1.29, 1.82) is 0 Å². The van der Waals surface area contributed by atoms with Crippen LogP contribution in [0.5, 0.6) is 0 Å². The summed E-state index contributed by atoms with van der Waals surface area (Å²) in [6, 6.07) is 22.6. The average molecular weight is 358 g/mol. The molecule has 4 rings (SSSR count). The van der Waals surface area contributed by atoms with Gasteiger partial charge in [-0.05, 0) is 30.7 Å². The van der Waals surface area contributed by atoms with Gasteiger partial charge in [-0.1, -0.05) is 65.9 Å². The second-order valence-electron chi connectivity index (χ2n) is 5.99. The molecule has 4 nitrogen and oxygen atoms in total. The van der Waals surface area contributed by atoms with Crippen molar-refractivity contribution in [3.8, 4) is 17.1 Å². The zero-order valence-corrected chi connectivity index (χ0v) is 15.2. The molecule has 0 amide bonds. The predicted octanol–water partition coefficient (Wildman–Crippen LogP) is 4.93. The zero-order chi connectivity index (χ0) is 17.8. The highest BCUT2D eigenvalue weighted by molar-refractivity contribution is 7.98. The topological polar surface area (TPSA) is 43.6 Å². The Morgan fingerprint density at radius 3 is 2.42 bits per heavy atom. The van der Waals surface area contributed by atoms with Crippen LogP contribution in [0.25, 0.3) is 17.1 Å². The van der Waals surface area contributed by atoms with Gasteiger partial charge in [-0.15, -0.1) is 10.2 Å². The Labute approximate surface area is 157 Å². The summed E-state index contributed by atoms with van der Waals surface area (Å²) in [5, 5.41) is 9.81. The summed E-state index contributed by atoms with van der Waals surface area (Å²) in [4.78, 5) is 4.18. The molecule has 0 spiro atoms. The van der Waals surface area contributed by atoms with Crippen LogP contribution in [0.2, 0.25) is 0 Å². The summed E-state index contributed by atoms with van der Waals surface area (Å²) >= 11 is 1.66. The maximum Gasteiger partial charge on any atom is 0.196 e. The van der Waals surface area contributed by atoms with Gasteiger partial charge in [-0.2, -0.15) is 0 Å². The van der Waals surface area contributed by atoms with Gasteiger partial charge >= 0.3 is 0 Å². The number of hydrogen-bond acceptors (Lipinski definition) is 4. The molecule has 0 aliphatic carbocycles. The van der Waals surface area contributed by atoms with E-state index < -0.39 is 0 Å². The van der Waals surface area contributed by atoms with Gasteiger partial charge in [-0.3, -0.25) is 9.55 Å². The highest BCUT2D eigenvalue weighted by atomic mass is 32.2. The van der Waals surface area contributed by atoms with Crippen LogP contribution in [0.15, 0.2) is 84.3 Å². The molecule has 0 atom stereocenters. The Bertz CT molecular complexity index is 980. The average Bonchev–Trinajstić information content (AvgIpc) is 3.12. The summed E-state index contributed by atoms with van der Waals surface area (Å²) in [5.74, 6) is 1.65. The second kappa shape index (κ2) is 7.54. The van der Waals surface area contributed by atoms with E-state index in [1.165, 1.54) is 5.56 Å². The van der Waals surface area contributed by atoms with Crippen molar-refractivity contribution >= 4 is 11.8 Å². The van der Waals surface area contributed by atoms with E-state index in [2.05, 4.69) is 69.1 Å². The molecule has 5 heteroatoms. The molecule has 2 aromatic heterocycles. The number of pyridine rings is 1. The molecule has 0 N–H and O–H groups in total. The minimum atomic E-state index is 0.798. The smallest absolute Gasteiger partial charge is 0.196 e.